The molecule has 168 valence electrons. The maximum Gasteiger partial charge on any atom is 0.241 e. The molecule has 1 N–H and O–H groups in total. The van der Waals surface area contributed by atoms with Gasteiger partial charge in [0.1, 0.15) is 6.04 Å². The van der Waals surface area contributed by atoms with E-state index in [4.69, 9.17) is 9.47 Å². The number of nitrogens with one attached hydrogen (secondary N) is 1. The molecule has 0 aromatic heterocycles. The first-order valence-corrected chi connectivity index (χ1v) is 12.0. The van der Waals surface area contributed by atoms with Gasteiger partial charge in [0.05, 0.1) is 19.1 Å². The van der Waals surface area contributed by atoms with Gasteiger partial charge in [-0.1, -0.05) is 43.2 Å². The summed E-state index contributed by atoms with van der Waals surface area (Å²) in [6.07, 6.45) is 4.33. The molecule has 1 aliphatic heterocycles. The maximum absolute atomic E-state index is 13.3. The molecule has 8 heteroatoms. The predicted molar refractivity (Wildman–Crippen MR) is 119 cm³/mol. The molecule has 1 atom stereocenters. The van der Waals surface area contributed by atoms with E-state index in [1.165, 1.54) is 32.4 Å². The van der Waals surface area contributed by atoms with E-state index in [2.05, 4.69) is 4.72 Å². The van der Waals surface area contributed by atoms with E-state index in [1.807, 2.05) is 30.3 Å². The predicted octanol–water partition coefficient (Wildman–Crippen LogP) is 3.00. The standard InChI is InChI=1S/C23H30N2O5S/c1-29-21-13-12-19(17-22(21)30-2)31(27,28)24-20(16-18-10-6-5-7-11-18)23(26)25-14-8-3-4-9-15-25/h5-7,10-13,17,20,24H,3-4,8-9,14-16H2,1-2H3/t20-/m1/s1. The molecule has 1 heterocycles. The smallest absolute Gasteiger partial charge is 0.241 e. The molecule has 0 unspecified atom stereocenters. The third-order valence-corrected chi connectivity index (χ3v) is 6.93. The number of benzene rings is 2. The van der Waals surface area contributed by atoms with Crippen molar-refractivity contribution in [3.05, 3.63) is 54.1 Å². The molecular formula is C23H30N2O5S. The van der Waals surface area contributed by atoms with Gasteiger partial charge >= 0.3 is 0 Å². The van der Waals surface area contributed by atoms with Crippen molar-refractivity contribution in [2.45, 2.75) is 43.0 Å². The molecule has 0 radical (unpaired) electrons. The molecule has 31 heavy (non-hydrogen) atoms. The van der Waals surface area contributed by atoms with Crippen molar-refractivity contribution in [1.29, 1.82) is 0 Å². The molecule has 3 rings (SSSR count). The summed E-state index contributed by atoms with van der Waals surface area (Å²) in [5.41, 5.74) is 0.894. The molecule has 0 aliphatic carbocycles. The van der Waals surface area contributed by atoms with Crippen molar-refractivity contribution in [1.82, 2.24) is 9.62 Å². The van der Waals surface area contributed by atoms with Gasteiger partial charge in [-0.3, -0.25) is 4.79 Å². The minimum Gasteiger partial charge on any atom is -0.493 e. The summed E-state index contributed by atoms with van der Waals surface area (Å²) in [6, 6.07) is 12.9. The lowest BCUT2D eigenvalue weighted by Gasteiger charge is -2.27. The van der Waals surface area contributed by atoms with Crippen LogP contribution in [-0.2, 0) is 21.2 Å². The van der Waals surface area contributed by atoms with E-state index in [1.54, 1.807) is 4.90 Å². The van der Waals surface area contributed by atoms with Crippen LogP contribution in [0.4, 0.5) is 0 Å². The number of ether oxygens (including phenoxy) is 2. The number of likely N-dealkylation sites (tertiary alicyclic amines) is 1. The van der Waals surface area contributed by atoms with Crippen molar-refractivity contribution in [2.24, 2.45) is 0 Å². The lowest BCUT2D eigenvalue weighted by molar-refractivity contribution is -0.132. The van der Waals surface area contributed by atoms with Crippen LogP contribution in [0.3, 0.4) is 0 Å². The lowest BCUT2D eigenvalue weighted by atomic mass is 10.1. The zero-order valence-corrected chi connectivity index (χ0v) is 18.9. The summed E-state index contributed by atoms with van der Waals surface area (Å²) in [5.74, 6) is 0.557. The molecule has 0 spiro atoms. The van der Waals surface area contributed by atoms with Crippen molar-refractivity contribution in [2.75, 3.05) is 27.3 Å². The van der Waals surface area contributed by atoms with Crippen LogP contribution < -0.4 is 14.2 Å². The largest absolute Gasteiger partial charge is 0.493 e. The summed E-state index contributed by atoms with van der Waals surface area (Å²) in [4.78, 5) is 15.2. The molecule has 7 nitrogen and oxygen atoms in total. The van der Waals surface area contributed by atoms with Crippen molar-refractivity contribution in [3.63, 3.8) is 0 Å². The van der Waals surface area contributed by atoms with E-state index < -0.39 is 16.1 Å². The molecule has 1 fully saturated rings. The van der Waals surface area contributed by atoms with Gasteiger partial charge in [0.15, 0.2) is 11.5 Å². The van der Waals surface area contributed by atoms with E-state index in [0.717, 1.165) is 31.2 Å². The fourth-order valence-corrected chi connectivity index (χ4v) is 4.98. The number of amides is 1. The minimum absolute atomic E-state index is 0.0203. The van der Waals surface area contributed by atoms with Crippen LogP contribution in [0.2, 0.25) is 0 Å². The van der Waals surface area contributed by atoms with Crippen LogP contribution in [0, 0.1) is 0 Å². The van der Waals surface area contributed by atoms with Crippen LogP contribution in [0.15, 0.2) is 53.4 Å². The van der Waals surface area contributed by atoms with Crippen LogP contribution in [0.1, 0.15) is 31.2 Å². The Morgan fingerprint density at radius 2 is 1.61 bits per heavy atom. The Morgan fingerprint density at radius 3 is 2.23 bits per heavy atom. The highest BCUT2D eigenvalue weighted by Gasteiger charge is 2.30. The number of carbonyl (C=O) groups excluding carboxylic acids is 1. The van der Waals surface area contributed by atoms with Gasteiger partial charge in [0.2, 0.25) is 15.9 Å². The number of rotatable bonds is 8. The highest BCUT2D eigenvalue weighted by atomic mass is 32.2. The minimum atomic E-state index is -3.96. The third kappa shape index (κ3) is 5.98. The Morgan fingerprint density at radius 1 is 0.968 bits per heavy atom. The van der Waals surface area contributed by atoms with E-state index >= 15 is 0 Å². The Labute approximate surface area is 184 Å². The summed E-state index contributed by atoms with van der Waals surface area (Å²) in [5, 5.41) is 0. The van der Waals surface area contributed by atoms with Crippen LogP contribution >= 0.6 is 0 Å². The Kier molecular flexibility index (Phi) is 7.92. The normalized spacial score (nSPS) is 15.7. The van der Waals surface area contributed by atoms with Crippen molar-refractivity contribution in [3.8, 4) is 11.5 Å². The Balaban J connectivity index is 1.88. The first-order valence-electron chi connectivity index (χ1n) is 10.5. The van der Waals surface area contributed by atoms with Crippen LogP contribution in [0.5, 0.6) is 11.5 Å². The van der Waals surface area contributed by atoms with Crippen LogP contribution in [0.25, 0.3) is 0 Å². The molecule has 0 saturated carbocycles. The van der Waals surface area contributed by atoms with Crippen molar-refractivity contribution >= 4 is 15.9 Å². The number of methoxy groups -OCH3 is 2. The second kappa shape index (κ2) is 10.6. The number of hydrogen-bond donors (Lipinski definition) is 1. The first kappa shape index (κ1) is 23.1. The van der Waals surface area contributed by atoms with E-state index in [-0.39, 0.29) is 17.2 Å². The summed E-state index contributed by atoms with van der Waals surface area (Å²) in [6.45, 7) is 1.31. The average Bonchev–Trinajstić information content (AvgIpc) is 3.08. The second-order valence-electron chi connectivity index (χ2n) is 7.62. The van der Waals surface area contributed by atoms with Gasteiger partial charge in [0, 0.05) is 19.2 Å². The SMILES string of the molecule is COc1ccc(S(=O)(=O)N[C@H](Cc2ccccc2)C(=O)N2CCCCCC2)cc1OC. The second-order valence-corrected chi connectivity index (χ2v) is 9.33. The number of carbonyl (C=O) groups is 1. The summed E-state index contributed by atoms with van der Waals surface area (Å²) < 4.78 is 39.4. The highest BCUT2D eigenvalue weighted by Crippen LogP contribution is 2.29. The molecule has 1 saturated heterocycles. The topological polar surface area (TPSA) is 84.9 Å². The van der Waals surface area contributed by atoms with Gasteiger partial charge in [-0.15, -0.1) is 0 Å². The highest BCUT2D eigenvalue weighted by molar-refractivity contribution is 7.89. The van der Waals surface area contributed by atoms with Gasteiger partial charge in [-0.05, 0) is 37.0 Å². The fraction of sp³-hybridized carbons (Fsp3) is 0.435. The number of nitrogens with zero attached hydrogens (tertiary/aromatic N) is 1. The molecule has 2 aromatic carbocycles. The molecule has 1 amide bonds. The average molecular weight is 447 g/mol. The Hall–Kier alpha value is -2.58. The van der Waals surface area contributed by atoms with E-state index in [9.17, 15) is 13.2 Å². The summed E-state index contributed by atoms with van der Waals surface area (Å²) >= 11 is 0. The molecule has 2 aromatic rings. The van der Waals surface area contributed by atoms with Gasteiger partial charge in [0.25, 0.3) is 0 Å². The summed E-state index contributed by atoms with van der Waals surface area (Å²) in [7, 11) is -1.03. The quantitative estimate of drug-likeness (QED) is 0.674. The monoisotopic (exact) mass is 446 g/mol. The van der Waals surface area contributed by atoms with E-state index in [0.29, 0.717) is 24.6 Å². The lowest BCUT2D eigenvalue weighted by Crippen LogP contribution is -2.49. The van der Waals surface area contributed by atoms with Gasteiger partial charge in [-0.2, -0.15) is 4.72 Å². The van der Waals surface area contributed by atoms with Crippen LogP contribution in [-0.4, -0.2) is 52.6 Å². The maximum atomic E-state index is 13.3. The fourth-order valence-electron chi connectivity index (χ4n) is 3.78. The first-order chi connectivity index (χ1) is 14.9. The van der Waals surface area contributed by atoms with Crippen molar-refractivity contribution < 1.29 is 22.7 Å². The number of sulfonamides is 1. The zero-order valence-electron chi connectivity index (χ0n) is 18.0. The van der Waals surface area contributed by atoms with Gasteiger partial charge in [-0.25, -0.2) is 8.42 Å². The molecule has 1 aliphatic rings. The van der Waals surface area contributed by atoms with Gasteiger partial charge < -0.3 is 14.4 Å². The zero-order chi connectivity index (χ0) is 22.3. The number of hydrogen-bond acceptors (Lipinski definition) is 5. The Bertz CT molecular complexity index is 971. The molecular weight excluding hydrogens is 416 g/mol. The third-order valence-electron chi connectivity index (χ3n) is 5.46. The molecule has 0 bridgehead atoms.